The van der Waals surface area contributed by atoms with E-state index in [1.54, 1.807) is 72.2 Å². The highest BCUT2D eigenvalue weighted by atomic mass is 16.5. The van der Waals surface area contributed by atoms with E-state index < -0.39 is 12.1 Å². The number of carbonyl (C=O) groups excluding carboxylic acids is 2. The molecule has 1 heterocycles. The molecule has 1 unspecified atom stereocenters. The minimum absolute atomic E-state index is 0.0755. The fourth-order valence-electron chi connectivity index (χ4n) is 3.50. The van der Waals surface area contributed by atoms with E-state index in [2.05, 4.69) is 0 Å². The third-order valence-corrected chi connectivity index (χ3v) is 4.90. The van der Waals surface area contributed by atoms with Gasteiger partial charge in [-0.1, -0.05) is 54.6 Å². The molecule has 4 rings (SSSR count). The van der Waals surface area contributed by atoms with E-state index in [-0.39, 0.29) is 17.8 Å². The number of aromatic nitrogens is 1. The number of hydrogen-bond acceptors (Lipinski definition) is 4. The lowest BCUT2D eigenvalue weighted by Gasteiger charge is -2.17. The molecule has 0 radical (unpaired) electrons. The van der Waals surface area contributed by atoms with Gasteiger partial charge >= 0.3 is 5.97 Å². The summed E-state index contributed by atoms with van der Waals surface area (Å²) in [5.41, 5.74) is 1.71. The molecule has 5 nitrogen and oxygen atoms in total. The molecule has 4 aromatic rings. The lowest BCUT2D eigenvalue weighted by atomic mass is 10.1. The molecule has 0 spiro atoms. The molecule has 1 atom stereocenters. The molecule has 0 saturated carbocycles. The number of nitrogens with zero attached hydrogens (tertiary/aromatic N) is 1. The van der Waals surface area contributed by atoms with Crippen LogP contribution >= 0.6 is 0 Å². The molecule has 0 saturated heterocycles. The molecule has 0 amide bonds. The molecular formula is C24H19NO4. The van der Waals surface area contributed by atoms with E-state index in [0.717, 1.165) is 0 Å². The van der Waals surface area contributed by atoms with Gasteiger partial charge in [-0.25, -0.2) is 0 Å². The molecule has 29 heavy (non-hydrogen) atoms. The Bertz CT molecular complexity index is 1210. The predicted octanol–water partition coefficient (Wildman–Crippen LogP) is 3.97. The summed E-state index contributed by atoms with van der Waals surface area (Å²) in [5.74, 6) is -0.797. The Hall–Kier alpha value is -3.73. The van der Waals surface area contributed by atoms with Gasteiger partial charge in [0.2, 0.25) is 5.78 Å². The molecule has 0 fully saturated rings. The quantitative estimate of drug-likeness (QED) is 0.296. The number of hydrogen-bond donors (Lipinski definition) is 0. The van der Waals surface area contributed by atoms with Gasteiger partial charge in [0.1, 0.15) is 6.54 Å². The maximum Gasteiger partial charge on any atom is 0.326 e. The van der Waals surface area contributed by atoms with Gasteiger partial charge in [0.05, 0.1) is 11.0 Å². The van der Waals surface area contributed by atoms with Crippen LogP contribution in [0, 0.1) is 0 Å². The largest absolute Gasteiger partial charge is 0.453 e. The minimum atomic E-state index is -0.901. The van der Waals surface area contributed by atoms with Crippen LogP contribution in [0.15, 0.2) is 83.7 Å². The van der Waals surface area contributed by atoms with E-state index in [1.165, 1.54) is 0 Å². The fourth-order valence-corrected chi connectivity index (χ4v) is 3.50. The Morgan fingerprint density at radius 2 is 1.34 bits per heavy atom. The minimum Gasteiger partial charge on any atom is -0.453 e. The standard InChI is InChI=1S/C24H19NO4/c1-16(23(27)17-9-3-2-4-10-17)29-22(26)15-25-20-13-7-5-11-18(20)24(28)19-12-6-8-14-21(19)25/h2-14,16H,15H2,1H3. The Balaban J connectivity index is 1.67. The number of rotatable bonds is 5. The smallest absolute Gasteiger partial charge is 0.326 e. The van der Waals surface area contributed by atoms with Crippen molar-refractivity contribution in [2.24, 2.45) is 0 Å². The van der Waals surface area contributed by atoms with E-state index in [9.17, 15) is 14.4 Å². The first-order valence-corrected chi connectivity index (χ1v) is 9.35. The van der Waals surface area contributed by atoms with Crippen LogP contribution in [0.3, 0.4) is 0 Å². The lowest BCUT2D eigenvalue weighted by Crippen LogP contribution is -2.27. The summed E-state index contributed by atoms with van der Waals surface area (Å²) < 4.78 is 7.17. The van der Waals surface area contributed by atoms with Crippen LogP contribution in [0.25, 0.3) is 21.8 Å². The second kappa shape index (κ2) is 7.72. The number of pyridine rings is 1. The molecule has 0 aliphatic carbocycles. The zero-order valence-electron chi connectivity index (χ0n) is 15.9. The highest BCUT2D eigenvalue weighted by Crippen LogP contribution is 2.19. The van der Waals surface area contributed by atoms with E-state index >= 15 is 0 Å². The number of Topliss-reactive ketones (excluding diaryl/α,β-unsaturated/α-hetero) is 1. The Morgan fingerprint density at radius 1 is 0.828 bits per heavy atom. The van der Waals surface area contributed by atoms with Gasteiger partial charge in [-0.15, -0.1) is 0 Å². The van der Waals surface area contributed by atoms with Crippen LogP contribution < -0.4 is 5.43 Å². The second-order valence-corrected chi connectivity index (χ2v) is 6.81. The summed E-state index contributed by atoms with van der Waals surface area (Å²) in [6, 6.07) is 23.0. The number of carbonyl (C=O) groups is 2. The maximum atomic E-state index is 12.8. The number of esters is 1. The first kappa shape index (κ1) is 18.6. The summed E-state index contributed by atoms with van der Waals surface area (Å²) in [7, 11) is 0. The van der Waals surface area contributed by atoms with Crippen molar-refractivity contribution >= 4 is 33.6 Å². The van der Waals surface area contributed by atoms with Crippen LogP contribution in [0.1, 0.15) is 17.3 Å². The van der Waals surface area contributed by atoms with Crippen LogP contribution in [0.2, 0.25) is 0 Å². The van der Waals surface area contributed by atoms with Gasteiger partial charge in [-0.05, 0) is 31.2 Å². The van der Waals surface area contributed by atoms with E-state index in [1.807, 2.05) is 18.2 Å². The zero-order valence-corrected chi connectivity index (χ0v) is 15.9. The Labute approximate surface area is 167 Å². The molecule has 0 N–H and O–H groups in total. The summed E-state index contributed by atoms with van der Waals surface area (Å²) in [6.45, 7) is 1.46. The Morgan fingerprint density at radius 3 is 1.93 bits per heavy atom. The van der Waals surface area contributed by atoms with Crippen LogP contribution in [0.4, 0.5) is 0 Å². The first-order valence-electron chi connectivity index (χ1n) is 9.35. The van der Waals surface area contributed by atoms with Crippen LogP contribution in [-0.2, 0) is 16.1 Å². The predicted molar refractivity (Wildman–Crippen MR) is 112 cm³/mol. The van der Waals surface area contributed by atoms with Gasteiger partial charge in [0.15, 0.2) is 11.5 Å². The third kappa shape index (κ3) is 3.55. The third-order valence-electron chi connectivity index (χ3n) is 4.90. The molecule has 5 heteroatoms. The zero-order chi connectivity index (χ0) is 20.4. The Kier molecular flexibility index (Phi) is 4.96. The molecule has 144 valence electrons. The maximum absolute atomic E-state index is 12.8. The van der Waals surface area contributed by atoms with Crippen molar-refractivity contribution in [2.45, 2.75) is 19.6 Å². The first-order chi connectivity index (χ1) is 14.1. The van der Waals surface area contributed by atoms with Crippen LogP contribution in [0.5, 0.6) is 0 Å². The normalized spacial score (nSPS) is 12.0. The molecular weight excluding hydrogens is 366 g/mol. The van der Waals surface area contributed by atoms with Crippen molar-refractivity contribution in [3.05, 3.63) is 94.6 Å². The average Bonchev–Trinajstić information content (AvgIpc) is 2.76. The SMILES string of the molecule is CC(OC(=O)Cn1c2ccccc2c(=O)c2ccccc21)C(=O)c1ccccc1. The van der Waals surface area contributed by atoms with Gasteiger partial charge in [-0.3, -0.25) is 14.4 Å². The number of para-hydroxylation sites is 2. The van der Waals surface area contributed by atoms with Gasteiger partial charge in [0.25, 0.3) is 0 Å². The molecule has 1 aromatic heterocycles. The van der Waals surface area contributed by atoms with Crippen molar-refractivity contribution in [1.29, 1.82) is 0 Å². The highest BCUT2D eigenvalue weighted by molar-refractivity contribution is 6.00. The number of fused-ring (bicyclic) bond motifs is 2. The number of ketones is 1. The fraction of sp³-hybridized carbons (Fsp3) is 0.125. The van der Waals surface area contributed by atoms with Gasteiger partial charge in [-0.2, -0.15) is 0 Å². The molecule has 0 aliphatic heterocycles. The molecule has 0 bridgehead atoms. The van der Waals surface area contributed by atoms with Crippen LogP contribution in [-0.4, -0.2) is 22.4 Å². The summed E-state index contributed by atoms with van der Waals surface area (Å²) >= 11 is 0. The summed E-state index contributed by atoms with van der Waals surface area (Å²) in [6.07, 6.45) is -0.901. The summed E-state index contributed by atoms with van der Waals surface area (Å²) in [5, 5.41) is 1.07. The number of ether oxygens (including phenoxy) is 1. The molecule has 0 aliphatic rings. The highest BCUT2D eigenvalue weighted by Gasteiger charge is 2.20. The molecule has 3 aromatic carbocycles. The van der Waals surface area contributed by atoms with E-state index in [0.29, 0.717) is 27.4 Å². The van der Waals surface area contributed by atoms with E-state index in [4.69, 9.17) is 4.74 Å². The lowest BCUT2D eigenvalue weighted by molar-refractivity contribution is -0.146. The van der Waals surface area contributed by atoms with Crippen molar-refractivity contribution in [3.8, 4) is 0 Å². The second-order valence-electron chi connectivity index (χ2n) is 6.81. The topological polar surface area (TPSA) is 65.4 Å². The summed E-state index contributed by atoms with van der Waals surface area (Å²) in [4.78, 5) is 37.9. The monoisotopic (exact) mass is 385 g/mol. The van der Waals surface area contributed by atoms with Crippen molar-refractivity contribution in [2.75, 3.05) is 0 Å². The average molecular weight is 385 g/mol. The van der Waals surface area contributed by atoms with Gasteiger partial charge in [0, 0.05) is 16.3 Å². The number of benzene rings is 3. The van der Waals surface area contributed by atoms with Crippen molar-refractivity contribution in [1.82, 2.24) is 4.57 Å². The van der Waals surface area contributed by atoms with Gasteiger partial charge < -0.3 is 9.30 Å². The van der Waals surface area contributed by atoms with Crippen molar-refractivity contribution in [3.63, 3.8) is 0 Å². The van der Waals surface area contributed by atoms with Crippen molar-refractivity contribution < 1.29 is 14.3 Å².